The van der Waals surface area contributed by atoms with Gasteiger partial charge in [0.1, 0.15) is 5.69 Å². The summed E-state index contributed by atoms with van der Waals surface area (Å²) in [5.74, 6) is -0.217. The molecule has 0 amide bonds. The molecular formula is C14H13F3N2O. The minimum Gasteiger partial charge on any atom is -0.293 e. The van der Waals surface area contributed by atoms with E-state index < -0.39 is 11.7 Å². The summed E-state index contributed by atoms with van der Waals surface area (Å²) >= 11 is 0. The standard InChI is InChI=1S/C14H13F3N2O/c1-3-19-13(8-12(18-19)9(2)20)10-5-4-6-11(7-10)14(15,16)17/h4-8H,3H2,1-2H3. The number of Topliss-reactive ketones (excluding diaryl/α,β-unsaturated/α-hetero) is 1. The summed E-state index contributed by atoms with van der Waals surface area (Å²) in [4.78, 5) is 11.3. The van der Waals surface area contributed by atoms with Crippen LogP contribution in [0.1, 0.15) is 29.9 Å². The van der Waals surface area contributed by atoms with E-state index in [1.54, 1.807) is 6.07 Å². The molecule has 0 aliphatic carbocycles. The van der Waals surface area contributed by atoms with Crippen LogP contribution in [0.15, 0.2) is 30.3 Å². The van der Waals surface area contributed by atoms with Crippen LogP contribution in [0.2, 0.25) is 0 Å². The van der Waals surface area contributed by atoms with E-state index in [1.165, 1.54) is 23.7 Å². The Morgan fingerprint density at radius 3 is 2.55 bits per heavy atom. The molecule has 2 rings (SSSR count). The first kappa shape index (κ1) is 14.3. The third kappa shape index (κ3) is 2.74. The molecule has 3 nitrogen and oxygen atoms in total. The summed E-state index contributed by atoms with van der Waals surface area (Å²) in [6, 6.07) is 6.51. The number of halogens is 3. The smallest absolute Gasteiger partial charge is 0.293 e. The number of aryl methyl sites for hydroxylation is 1. The highest BCUT2D eigenvalue weighted by Gasteiger charge is 2.30. The Labute approximate surface area is 114 Å². The largest absolute Gasteiger partial charge is 0.416 e. The van der Waals surface area contributed by atoms with E-state index in [4.69, 9.17) is 0 Å². The van der Waals surface area contributed by atoms with E-state index in [1.807, 2.05) is 6.92 Å². The van der Waals surface area contributed by atoms with E-state index in [-0.39, 0.29) is 11.5 Å². The van der Waals surface area contributed by atoms with Gasteiger partial charge in [-0.1, -0.05) is 12.1 Å². The number of ketones is 1. The minimum absolute atomic E-state index is 0.217. The fourth-order valence-electron chi connectivity index (χ4n) is 1.92. The highest BCUT2D eigenvalue weighted by atomic mass is 19.4. The first-order valence-corrected chi connectivity index (χ1v) is 6.09. The molecule has 0 N–H and O–H groups in total. The topological polar surface area (TPSA) is 34.9 Å². The summed E-state index contributed by atoms with van der Waals surface area (Å²) in [5, 5.41) is 4.08. The van der Waals surface area contributed by atoms with Crippen molar-refractivity contribution in [2.45, 2.75) is 26.6 Å². The van der Waals surface area contributed by atoms with Gasteiger partial charge in [-0.15, -0.1) is 0 Å². The summed E-state index contributed by atoms with van der Waals surface area (Å²) in [6.45, 7) is 3.66. The van der Waals surface area contributed by atoms with Crippen molar-refractivity contribution < 1.29 is 18.0 Å². The highest BCUT2D eigenvalue weighted by molar-refractivity contribution is 5.93. The lowest BCUT2D eigenvalue weighted by atomic mass is 10.1. The number of carbonyl (C=O) groups is 1. The molecule has 20 heavy (non-hydrogen) atoms. The van der Waals surface area contributed by atoms with Gasteiger partial charge in [0, 0.05) is 19.0 Å². The Bertz CT molecular complexity index is 644. The quantitative estimate of drug-likeness (QED) is 0.803. The molecule has 0 aliphatic rings. The van der Waals surface area contributed by atoms with Crippen molar-refractivity contribution in [3.05, 3.63) is 41.6 Å². The Balaban J connectivity index is 2.54. The molecule has 0 radical (unpaired) electrons. The van der Waals surface area contributed by atoms with Crippen LogP contribution < -0.4 is 0 Å². The van der Waals surface area contributed by atoms with Gasteiger partial charge in [0.15, 0.2) is 5.78 Å². The van der Waals surface area contributed by atoms with E-state index in [0.29, 0.717) is 17.8 Å². The molecule has 1 aromatic heterocycles. The van der Waals surface area contributed by atoms with Crippen LogP contribution in [-0.2, 0) is 12.7 Å². The van der Waals surface area contributed by atoms with E-state index in [9.17, 15) is 18.0 Å². The lowest BCUT2D eigenvalue weighted by Crippen LogP contribution is -2.05. The van der Waals surface area contributed by atoms with Crippen molar-refractivity contribution in [2.75, 3.05) is 0 Å². The fraction of sp³-hybridized carbons (Fsp3) is 0.286. The van der Waals surface area contributed by atoms with E-state index >= 15 is 0 Å². The number of alkyl halides is 3. The lowest BCUT2D eigenvalue weighted by Gasteiger charge is -2.09. The van der Waals surface area contributed by atoms with Crippen molar-refractivity contribution in [3.8, 4) is 11.3 Å². The first-order chi connectivity index (χ1) is 9.32. The van der Waals surface area contributed by atoms with Gasteiger partial charge in [0.2, 0.25) is 0 Å². The summed E-state index contributed by atoms with van der Waals surface area (Å²) in [6.07, 6.45) is -4.39. The number of hydrogen-bond acceptors (Lipinski definition) is 2. The molecular weight excluding hydrogens is 269 g/mol. The molecule has 106 valence electrons. The zero-order valence-corrected chi connectivity index (χ0v) is 11.0. The van der Waals surface area contributed by atoms with Crippen LogP contribution in [-0.4, -0.2) is 15.6 Å². The van der Waals surface area contributed by atoms with E-state index in [2.05, 4.69) is 5.10 Å². The molecule has 0 atom stereocenters. The van der Waals surface area contributed by atoms with Crippen LogP contribution in [0.25, 0.3) is 11.3 Å². The maximum Gasteiger partial charge on any atom is 0.416 e. The van der Waals surface area contributed by atoms with Gasteiger partial charge in [-0.25, -0.2) is 0 Å². The van der Waals surface area contributed by atoms with Crippen molar-refractivity contribution in [1.29, 1.82) is 0 Å². The molecule has 6 heteroatoms. The van der Waals surface area contributed by atoms with Crippen LogP contribution in [0.4, 0.5) is 13.2 Å². The van der Waals surface area contributed by atoms with Crippen molar-refractivity contribution >= 4 is 5.78 Å². The second-order valence-corrected chi connectivity index (χ2v) is 4.37. The van der Waals surface area contributed by atoms with Gasteiger partial charge >= 0.3 is 6.18 Å². The van der Waals surface area contributed by atoms with Crippen molar-refractivity contribution in [1.82, 2.24) is 9.78 Å². The normalized spacial score (nSPS) is 11.7. The molecule has 1 aromatic carbocycles. The predicted octanol–water partition coefficient (Wildman–Crippen LogP) is 3.79. The zero-order valence-electron chi connectivity index (χ0n) is 11.0. The van der Waals surface area contributed by atoms with Crippen LogP contribution >= 0.6 is 0 Å². The highest BCUT2D eigenvalue weighted by Crippen LogP contribution is 2.32. The Morgan fingerprint density at radius 1 is 1.30 bits per heavy atom. The van der Waals surface area contributed by atoms with Gasteiger partial charge in [0.25, 0.3) is 0 Å². The molecule has 0 saturated carbocycles. The zero-order chi connectivity index (χ0) is 14.9. The molecule has 0 spiro atoms. The van der Waals surface area contributed by atoms with Gasteiger partial charge in [0.05, 0.1) is 11.3 Å². The maximum atomic E-state index is 12.7. The first-order valence-electron chi connectivity index (χ1n) is 6.09. The Morgan fingerprint density at radius 2 is 2.00 bits per heavy atom. The lowest BCUT2D eigenvalue weighted by molar-refractivity contribution is -0.137. The molecule has 0 unspecified atom stereocenters. The van der Waals surface area contributed by atoms with Crippen molar-refractivity contribution in [2.24, 2.45) is 0 Å². The number of rotatable bonds is 3. The average molecular weight is 282 g/mol. The third-order valence-corrected chi connectivity index (χ3v) is 2.93. The molecule has 2 aromatic rings. The van der Waals surface area contributed by atoms with Crippen LogP contribution in [0.5, 0.6) is 0 Å². The second-order valence-electron chi connectivity index (χ2n) is 4.37. The number of aromatic nitrogens is 2. The van der Waals surface area contributed by atoms with Gasteiger partial charge < -0.3 is 0 Å². The van der Waals surface area contributed by atoms with E-state index in [0.717, 1.165) is 12.1 Å². The SMILES string of the molecule is CCn1nc(C(C)=O)cc1-c1cccc(C(F)(F)F)c1. The summed E-state index contributed by atoms with van der Waals surface area (Å²) in [5.41, 5.74) is 0.424. The van der Waals surface area contributed by atoms with Gasteiger partial charge in [-0.3, -0.25) is 9.48 Å². The molecule has 0 bridgehead atoms. The van der Waals surface area contributed by atoms with Gasteiger partial charge in [-0.05, 0) is 25.1 Å². The summed E-state index contributed by atoms with van der Waals surface area (Å²) in [7, 11) is 0. The molecule has 0 aliphatic heterocycles. The molecule has 0 fully saturated rings. The molecule has 1 heterocycles. The Kier molecular flexibility index (Phi) is 3.65. The van der Waals surface area contributed by atoms with Crippen LogP contribution in [0.3, 0.4) is 0 Å². The maximum absolute atomic E-state index is 12.7. The number of benzene rings is 1. The summed E-state index contributed by atoms with van der Waals surface area (Å²) < 4.78 is 39.7. The van der Waals surface area contributed by atoms with Gasteiger partial charge in [-0.2, -0.15) is 18.3 Å². The fourth-order valence-corrected chi connectivity index (χ4v) is 1.92. The van der Waals surface area contributed by atoms with Crippen LogP contribution in [0, 0.1) is 0 Å². The minimum atomic E-state index is -4.39. The molecule has 0 saturated heterocycles. The number of nitrogens with zero attached hydrogens (tertiary/aromatic N) is 2. The number of carbonyl (C=O) groups excluding carboxylic acids is 1. The third-order valence-electron chi connectivity index (χ3n) is 2.93. The predicted molar refractivity (Wildman–Crippen MR) is 68.3 cm³/mol. The average Bonchev–Trinajstić information content (AvgIpc) is 2.82. The number of hydrogen-bond donors (Lipinski definition) is 0. The second kappa shape index (κ2) is 5.11. The van der Waals surface area contributed by atoms with Crippen molar-refractivity contribution in [3.63, 3.8) is 0 Å². The Hall–Kier alpha value is -2.11. The monoisotopic (exact) mass is 282 g/mol.